The van der Waals surface area contributed by atoms with Gasteiger partial charge in [0.1, 0.15) is 0 Å². The summed E-state index contributed by atoms with van der Waals surface area (Å²) in [7, 11) is -3.82. The number of nitrogens with one attached hydrogen (secondary N) is 2. The van der Waals surface area contributed by atoms with Crippen LogP contribution in [-0.2, 0) is 10.0 Å². The highest BCUT2D eigenvalue weighted by atomic mass is 35.5. The number of nitrogens with zero attached hydrogens (tertiary/aromatic N) is 1. The molecule has 1 heterocycles. The Hall–Kier alpha value is -2.64. The van der Waals surface area contributed by atoms with Gasteiger partial charge in [0.05, 0.1) is 16.3 Å². The van der Waals surface area contributed by atoms with E-state index in [1.165, 1.54) is 18.2 Å². The second-order valence-corrected chi connectivity index (χ2v) is 7.91. The van der Waals surface area contributed by atoms with Gasteiger partial charge in [-0.25, -0.2) is 13.5 Å². The fourth-order valence-corrected chi connectivity index (χ4v) is 3.92. The molecule has 0 aliphatic heterocycles. The minimum absolute atomic E-state index is 0.125. The van der Waals surface area contributed by atoms with Crippen LogP contribution in [0.15, 0.2) is 58.2 Å². The molecule has 0 aliphatic rings. The zero-order chi connectivity index (χ0) is 18.9. The van der Waals surface area contributed by atoms with Crippen molar-refractivity contribution in [3.05, 3.63) is 75.0 Å². The van der Waals surface area contributed by atoms with E-state index in [1.54, 1.807) is 37.3 Å². The maximum atomic E-state index is 12.8. The molecule has 3 aromatic rings. The highest BCUT2D eigenvalue weighted by Crippen LogP contribution is 2.26. The van der Waals surface area contributed by atoms with Gasteiger partial charge in [-0.1, -0.05) is 29.8 Å². The molecule has 2 aromatic carbocycles. The Kier molecular flexibility index (Phi) is 4.84. The van der Waals surface area contributed by atoms with Crippen LogP contribution < -0.4 is 10.3 Å². The number of benzene rings is 2. The van der Waals surface area contributed by atoms with Crippen LogP contribution in [0.2, 0.25) is 5.02 Å². The summed E-state index contributed by atoms with van der Waals surface area (Å²) < 4.78 is 28.2. The molecule has 26 heavy (non-hydrogen) atoms. The second kappa shape index (κ2) is 6.93. The van der Waals surface area contributed by atoms with E-state index < -0.39 is 10.0 Å². The number of sulfonamides is 1. The summed E-state index contributed by atoms with van der Waals surface area (Å²) in [5.74, 6) is 0. The Morgan fingerprint density at radius 1 is 1.00 bits per heavy atom. The molecule has 6 nitrogen and oxygen atoms in total. The summed E-state index contributed by atoms with van der Waals surface area (Å²) >= 11 is 6.07. The number of anilines is 1. The maximum absolute atomic E-state index is 12.8. The average molecular weight is 390 g/mol. The Morgan fingerprint density at radius 2 is 1.73 bits per heavy atom. The first-order valence-electron chi connectivity index (χ1n) is 7.72. The number of hydrogen-bond acceptors (Lipinski definition) is 4. The normalized spacial score (nSPS) is 11.3. The average Bonchev–Trinajstić information content (AvgIpc) is 2.59. The van der Waals surface area contributed by atoms with Gasteiger partial charge in [-0.3, -0.25) is 9.52 Å². The molecule has 8 heteroatoms. The van der Waals surface area contributed by atoms with Gasteiger partial charge in [0.15, 0.2) is 0 Å². The topological polar surface area (TPSA) is 91.9 Å². The molecule has 0 atom stereocenters. The molecule has 0 aliphatic carbocycles. The minimum Gasteiger partial charge on any atom is -0.280 e. The third-order valence-electron chi connectivity index (χ3n) is 3.88. The van der Waals surface area contributed by atoms with Crippen molar-refractivity contribution >= 4 is 27.3 Å². The van der Waals surface area contributed by atoms with Crippen LogP contribution in [0.25, 0.3) is 11.3 Å². The van der Waals surface area contributed by atoms with Crippen molar-refractivity contribution in [3.8, 4) is 11.3 Å². The first-order valence-corrected chi connectivity index (χ1v) is 9.58. The van der Waals surface area contributed by atoms with Crippen molar-refractivity contribution in [2.75, 3.05) is 4.72 Å². The van der Waals surface area contributed by atoms with Crippen molar-refractivity contribution in [2.24, 2.45) is 0 Å². The van der Waals surface area contributed by atoms with Gasteiger partial charge in [-0.15, -0.1) is 0 Å². The lowest BCUT2D eigenvalue weighted by Crippen LogP contribution is -2.14. The predicted octanol–water partition coefficient (Wildman–Crippen LogP) is 3.51. The molecular weight excluding hydrogens is 374 g/mol. The van der Waals surface area contributed by atoms with E-state index in [0.29, 0.717) is 27.5 Å². The molecule has 0 fully saturated rings. The van der Waals surface area contributed by atoms with Crippen molar-refractivity contribution in [1.29, 1.82) is 0 Å². The van der Waals surface area contributed by atoms with Crippen LogP contribution >= 0.6 is 11.6 Å². The molecule has 0 saturated heterocycles. The number of H-pyrrole nitrogens is 1. The van der Waals surface area contributed by atoms with Gasteiger partial charge >= 0.3 is 0 Å². The van der Waals surface area contributed by atoms with E-state index in [2.05, 4.69) is 14.9 Å². The van der Waals surface area contributed by atoms with E-state index in [9.17, 15) is 13.2 Å². The Morgan fingerprint density at radius 3 is 2.38 bits per heavy atom. The van der Waals surface area contributed by atoms with Gasteiger partial charge in [-0.2, -0.15) is 5.10 Å². The zero-order valence-electron chi connectivity index (χ0n) is 14.1. The highest BCUT2D eigenvalue weighted by molar-refractivity contribution is 7.92. The molecule has 0 amide bonds. The van der Waals surface area contributed by atoms with Crippen LogP contribution in [-0.4, -0.2) is 18.6 Å². The molecule has 0 saturated carbocycles. The molecule has 2 N–H and O–H groups in total. The number of rotatable bonds is 4. The van der Waals surface area contributed by atoms with Gasteiger partial charge < -0.3 is 0 Å². The summed E-state index contributed by atoms with van der Waals surface area (Å²) in [4.78, 5) is 11.3. The lowest BCUT2D eigenvalue weighted by molar-refractivity contribution is 0.600. The third kappa shape index (κ3) is 3.79. The van der Waals surface area contributed by atoms with E-state index in [-0.39, 0.29) is 10.5 Å². The first kappa shape index (κ1) is 18.2. The van der Waals surface area contributed by atoms with E-state index in [4.69, 9.17) is 11.6 Å². The van der Waals surface area contributed by atoms with E-state index >= 15 is 0 Å². The smallest absolute Gasteiger partial charge is 0.264 e. The van der Waals surface area contributed by atoms with Crippen LogP contribution in [0.4, 0.5) is 5.69 Å². The predicted molar refractivity (Wildman–Crippen MR) is 102 cm³/mol. The number of halogens is 1. The summed E-state index contributed by atoms with van der Waals surface area (Å²) in [5, 5.41) is 6.75. The Balaban J connectivity index is 2.01. The van der Waals surface area contributed by atoms with Gasteiger partial charge in [0.2, 0.25) is 0 Å². The molecule has 0 radical (unpaired) electrons. The SMILES string of the molecule is Cc1ccc(NS(=O)(=O)c2cc(-c3ccc(=O)[nH]n3)ccc2C)cc1Cl. The minimum atomic E-state index is -3.82. The quantitative estimate of drug-likeness (QED) is 0.714. The number of aromatic nitrogens is 2. The lowest BCUT2D eigenvalue weighted by atomic mass is 10.1. The molecule has 0 bridgehead atoms. The zero-order valence-corrected chi connectivity index (χ0v) is 15.6. The molecular formula is C18H16ClN3O3S. The van der Waals surface area contributed by atoms with Crippen molar-refractivity contribution in [3.63, 3.8) is 0 Å². The number of hydrogen-bond donors (Lipinski definition) is 2. The van der Waals surface area contributed by atoms with Crippen LogP contribution in [0.5, 0.6) is 0 Å². The van der Waals surface area contributed by atoms with Crippen LogP contribution in [0, 0.1) is 13.8 Å². The number of aromatic amines is 1. The lowest BCUT2D eigenvalue weighted by Gasteiger charge is -2.12. The summed E-state index contributed by atoms with van der Waals surface area (Å²) in [5.41, 5.74) is 2.55. The van der Waals surface area contributed by atoms with E-state index in [1.807, 2.05) is 6.92 Å². The van der Waals surface area contributed by atoms with Crippen molar-refractivity contribution < 1.29 is 8.42 Å². The van der Waals surface area contributed by atoms with Crippen molar-refractivity contribution in [2.45, 2.75) is 18.7 Å². The molecule has 0 unspecified atom stereocenters. The van der Waals surface area contributed by atoms with Crippen LogP contribution in [0.1, 0.15) is 11.1 Å². The molecule has 3 rings (SSSR count). The fourth-order valence-electron chi connectivity index (χ4n) is 2.42. The molecule has 1 aromatic heterocycles. The Bertz CT molecular complexity index is 1120. The maximum Gasteiger partial charge on any atom is 0.264 e. The standard InChI is InChI=1S/C18H16ClN3O3S/c1-11-4-6-14(10-15(11)19)22-26(24,25)17-9-13(5-3-12(17)2)16-7-8-18(23)21-20-16/h3-10,22H,1-2H3,(H,21,23). The summed E-state index contributed by atoms with van der Waals surface area (Å²) in [6, 6.07) is 12.8. The first-order chi connectivity index (χ1) is 12.3. The van der Waals surface area contributed by atoms with Crippen molar-refractivity contribution in [1.82, 2.24) is 10.2 Å². The Labute approximate surface area is 155 Å². The highest BCUT2D eigenvalue weighted by Gasteiger charge is 2.18. The monoisotopic (exact) mass is 389 g/mol. The van der Waals surface area contributed by atoms with Gasteiger partial charge in [-0.05, 0) is 49.2 Å². The molecule has 134 valence electrons. The third-order valence-corrected chi connectivity index (χ3v) is 5.81. The summed E-state index contributed by atoms with van der Waals surface area (Å²) in [6.07, 6.45) is 0. The van der Waals surface area contributed by atoms with E-state index in [0.717, 1.165) is 5.56 Å². The van der Waals surface area contributed by atoms with Gasteiger partial charge in [0.25, 0.3) is 15.6 Å². The summed E-state index contributed by atoms with van der Waals surface area (Å²) in [6.45, 7) is 3.55. The fraction of sp³-hybridized carbons (Fsp3) is 0.111. The van der Waals surface area contributed by atoms with Gasteiger partial charge in [0, 0.05) is 16.7 Å². The second-order valence-electron chi connectivity index (χ2n) is 5.86. The van der Waals surface area contributed by atoms with Crippen LogP contribution in [0.3, 0.4) is 0 Å². The largest absolute Gasteiger partial charge is 0.280 e. The molecule has 0 spiro atoms. The number of aryl methyl sites for hydroxylation is 2.